The quantitative estimate of drug-likeness (QED) is 0.395. The van der Waals surface area contributed by atoms with Gasteiger partial charge in [-0.1, -0.05) is 65.2 Å². The highest BCUT2D eigenvalue weighted by Crippen LogP contribution is 2.47. The minimum absolute atomic E-state index is 0.00969. The number of benzene rings is 2. The lowest BCUT2D eigenvalue weighted by Crippen LogP contribution is -2.46. The highest BCUT2D eigenvalue weighted by Gasteiger charge is 2.46. The predicted octanol–water partition coefficient (Wildman–Crippen LogP) is 6.40. The number of piperidine rings is 1. The number of pyridine rings is 1. The molecular weight excluding hydrogens is 465 g/mol. The number of carbonyl (C=O) groups is 1. The summed E-state index contributed by atoms with van der Waals surface area (Å²) in [6.45, 7) is 5.75. The van der Waals surface area contributed by atoms with Gasteiger partial charge < -0.3 is 4.90 Å². The number of halogens is 2. The van der Waals surface area contributed by atoms with Crippen molar-refractivity contribution in [2.45, 2.75) is 25.2 Å². The molecule has 5 rings (SSSR count). The molecule has 0 bridgehead atoms. The summed E-state index contributed by atoms with van der Waals surface area (Å²) >= 11 is 12.0. The number of carbonyl (C=O) groups excluding carboxylic acids is 1. The van der Waals surface area contributed by atoms with Crippen molar-refractivity contribution in [1.29, 1.82) is 0 Å². The van der Waals surface area contributed by atoms with Gasteiger partial charge in [0.1, 0.15) is 5.15 Å². The zero-order chi connectivity index (χ0) is 23.7. The summed E-state index contributed by atoms with van der Waals surface area (Å²) in [5, 5.41) is 1.09. The molecule has 1 fully saturated rings. The number of amides is 1. The lowest BCUT2D eigenvalue weighted by Gasteiger charge is -2.39. The number of rotatable bonds is 4. The highest BCUT2D eigenvalue weighted by molar-refractivity contribution is 6.30. The van der Waals surface area contributed by atoms with Gasteiger partial charge in [0.15, 0.2) is 0 Å². The summed E-state index contributed by atoms with van der Waals surface area (Å²) in [7, 11) is 0. The number of fused-ring (bicyclic) bond motifs is 2. The van der Waals surface area contributed by atoms with Crippen LogP contribution in [0.4, 0.5) is 5.69 Å². The van der Waals surface area contributed by atoms with E-state index in [1.807, 2.05) is 29.2 Å². The van der Waals surface area contributed by atoms with E-state index in [-0.39, 0.29) is 11.3 Å². The van der Waals surface area contributed by atoms with Crippen LogP contribution >= 0.6 is 23.2 Å². The Hall–Kier alpha value is -2.66. The molecule has 2 aliphatic heterocycles. The predicted molar refractivity (Wildman–Crippen MR) is 140 cm³/mol. The van der Waals surface area contributed by atoms with Gasteiger partial charge in [0.05, 0.1) is 0 Å². The minimum atomic E-state index is -0.0143. The van der Waals surface area contributed by atoms with Crippen LogP contribution in [-0.4, -0.2) is 42.0 Å². The Labute approximate surface area is 210 Å². The fraction of sp³-hybridized carbons (Fsp3) is 0.286. The van der Waals surface area contributed by atoms with E-state index >= 15 is 0 Å². The fourth-order valence-electron chi connectivity index (χ4n) is 5.16. The van der Waals surface area contributed by atoms with E-state index in [0.29, 0.717) is 17.3 Å². The van der Waals surface area contributed by atoms with Crippen molar-refractivity contribution in [3.63, 3.8) is 0 Å². The zero-order valence-electron chi connectivity index (χ0n) is 19.2. The zero-order valence-corrected chi connectivity index (χ0v) is 20.7. The Bertz CT molecular complexity index is 1230. The first kappa shape index (κ1) is 23.1. The lowest BCUT2D eigenvalue weighted by molar-refractivity contribution is 0.0977. The third-order valence-electron chi connectivity index (χ3n) is 7.05. The maximum absolute atomic E-state index is 13.4. The van der Waals surface area contributed by atoms with E-state index in [1.54, 1.807) is 18.3 Å². The summed E-state index contributed by atoms with van der Waals surface area (Å²) in [4.78, 5) is 21.9. The smallest absolute Gasteiger partial charge is 0.258 e. The Morgan fingerprint density at radius 3 is 2.56 bits per heavy atom. The van der Waals surface area contributed by atoms with Crippen molar-refractivity contribution < 1.29 is 4.79 Å². The second-order valence-electron chi connectivity index (χ2n) is 9.31. The molecule has 3 heterocycles. The molecule has 1 amide bonds. The average Bonchev–Trinajstić information content (AvgIpc) is 3.14. The van der Waals surface area contributed by atoms with Gasteiger partial charge in [-0.3, -0.25) is 9.69 Å². The average molecular weight is 492 g/mol. The standard InChI is InChI=1S/C28H27Cl2N3O/c1-20-4-9-25-24(17-20)28(19-33(25)27(34)22-10-13-31-26(30)18-22)11-15-32(16-12-28)14-2-3-21-5-7-23(29)8-6-21/h2-10,13,17-18H,11-12,14-16,19H2,1H3. The maximum atomic E-state index is 13.4. The first-order valence-corrected chi connectivity index (χ1v) is 12.4. The number of anilines is 1. The molecule has 6 heteroatoms. The van der Waals surface area contributed by atoms with Crippen molar-refractivity contribution in [2.75, 3.05) is 31.1 Å². The number of aromatic nitrogens is 1. The minimum Gasteiger partial charge on any atom is -0.307 e. The molecule has 0 saturated carbocycles. The van der Waals surface area contributed by atoms with Crippen LogP contribution in [0, 0.1) is 6.92 Å². The van der Waals surface area contributed by atoms with Crippen LogP contribution in [0.15, 0.2) is 66.9 Å². The number of aryl methyl sites for hydroxylation is 1. The van der Waals surface area contributed by atoms with Gasteiger partial charge in [-0.05, 0) is 74.3 Å². The van der Waals surface area contributed by atoms with Crippen molar-refractivity contribution in [1.82, 2.24) is 9.88 Å². The molecule has 0 aliphatic carbocycles. The van der Waals surface area contributed by atoms with Gasteiger partial charge in [-0.15, -0.1) is 0 Å². The SMILES string of the molecule is Cc1ccc2c(c1)C1(CCN(CC=Cc3ccc(Cl)cc3)CC1)CN2C(=O)c1ccnc(Cl)c1. The first-order valence-electron chi connectivity index (χ1n) is 11.6. The largest absolute Gasteiger partial charge is 0.307 e. The molecule has 0 unspecified atom stereocenters. The summed E-state index contributed by atoms with van der Waals surface area (Å²) < 4.78 is 0. The number of hydrogen-bond donors (Lipinski definition) is 0. The molecule has 0 N–H and O–H groups in total. The summed E-state index contributed by atoms with van der Waals surface area (Å²) in [6.07, 6.45) is 8.01. The topological polar surface area (TPSA) is 36.4 Å². The number of hydrogen-bond acceptors (Lipinski definition) is 3. The van der Waals surface area contributed by atoms with E-state index < -0.39 is 0 Å². The first-order chi connectivity index (χ1) is 16.4. The Morgan fingerprint density at radius 2 is 1.82 bits per heavy atom. The van der Waals surface area contributed by atoms with Crippen molar-refractivity contribution in [3.05, 3.63) is 99.3 Å². The van der Waals surface area contributed by atoms with E-state index in [9.17, 15) is 4.79 Å². The van der Waals surface area contributed by atoms with Crippen LogP contribution in [0.1, 0.15) is 39.9 Å². The second kappa shape index (κ2) is 9.53. The Balaban J connectivity index is 1.31. The van der Waals surface area contributed by atoms with E-state index in [4.69, 9.17) is 23.2 Å². The molecular formula is C28H27Cl2N3O. The molecule has 2 aromatic carbocycles. The molecule has 174 valence electrons. The van der Waals surface area contributed by atoms with E-state index in [2.05, 4.69) is 47.2 Å². The summed E-state index contributed by atoms with van der Waals surface area (Å²) in [5.74, 6) is -0.0143. The third kappa shape index (κ3) is 4.63. The summed E-state index contributed by atoms with van der Waals surface area (Å²) in [5.41, 5.74) is 5.28. The lowest BCUT2D eigenvalue weighted by atomic mass is 9.74. The third-order valence-corrected chi connectivity index (χ3v) is 7.51. The molecule has 1 aromatic heterocycles. The second-order valence-corrected chi connectivity index (χ2v) is 10.1. The number of nitrogens with zero attached hydrogens (tertiary/aromatic N) is 3. The molecule has 2 aliphatic rings. The maximum Gasteiger partial charge on any atom is 0.258 e. The molecule has 34 heavy (non-hydrogen) atoms. The van der Waals surface area contributed by atoms with E-state index in [1.165, 1.54) is 11.1 Å². The van der Waals surface area contributed by atoms with Crippen molar-refractivity contribution in [3.8, 4) is 0 Å². The van der Waals surface area contributed by atoms with Gasteiger partial charge >= 0.3 is 0 Å². The van der Waals surface area contributed by atoms with Crippen LogP contribution in [0.2, 0.25) is 10.2 Å². The molecule has 0 radical (unpaired) electrons. The van der Waals surface area contributed by atoms with Crippen LogP contribution in [0.3, 0.4) is 0 Å². The number of likely N-dealkylation sites (tertiary alicyclic amines) is 1. The van der Waals surface area contributed by atoms with Crippen LogP contribution in [-0.2, 0) is 5.41 Å². The summed E-state index contributed by atoms with van der Waals surface area (Å²) in [6, 6.07) is 17.7. The molecule has 3 aromatic rings. The van der Waals surface area contributed by atoms with Gasteiger partial charge in [-0.25, -0.2) is 4.98 Å². The van der Waals surface area contributed by atoms with Gasteiger partial charge in [0, 0.05) is 41.0 Å². The van der Waals surface area contributed by atoms with Gasteiger partial charge in [0.2, 0.25) is 0 Å². The highest BCUT2D eigenvalue weighted by atomic mass is 35.5. The normalized spacial score (nSPS) is 17.4. The van der Waals surface area contributed by atoms with E-state index in [0.717, 1.165) is 48.7 Å². The Kier molecular flexibility index (Phi) is 6.48. The van der Waals surface area contributed by atoms with Crippen LogP contribution < -0.4 is 4.90 Å². The van der Waals surface area contributed by atoms with Crippen molar-refractivity contribution in [2.24, 2.45) is 0 Å². The molecule has 1 spiro atoms. The van der Waals surface area contributed by atoms with Gasteiger partial charge in [-0.2, -0.15) is 0 Å². The molecule has 0 atom stereocenters. The van der Waals surface area contributed by atoms with Crippen molar-refractivity contribution >= 4 is 40.9 Å². The Morgan fingerprint density at radius 1 is 1.06 bits per heavy atom. The van der Waals surface area contributed by atoms with Crippen LogP contribution in [0.25, 0.3) is 6.08 Å². The monoisotopic (exact) mass is 491 g/mol. The fourth-order valence-corrected chi connectivity index (χ4v) is 5.46. The molecule has 1 saturated heterocycles. The molecule has 4 nitrogen and oxygen atoms in total. The van der Waals surface area contributed by atoms with Gasteiger partial charge in [0.25, 0.3) is 5.91 Å². The van der Waals surface area contributed by atoms with Crippen LogP contribution in [0.5, 0.6) is 0 Å².